The zero-order chi connectivity index (χ0) is 18.0. The molecule has 1 aromatic rings. The SMILES string of the molecule is Cc1ccc(S(=O)C2=C(OS(=O)(=O)C(F)(F)F)CCCCC2)cc1. The van der Waals surface area contributed by atoms with Gasteiger partial charge in [0, 0.05) is 11.3 Å². The summed E-state index contributed by atoms with van der Waals surface area (Å²) in [7, 11) is -7.52. The largest absolute Gasteiger partial charge is 0.534 e. The molecule has 1 aliphatic carbocycles. The number of allylic oxidation sites excluding steroid dienone is 2. The van der Waals surface area contributed by atoms with E-state index in [0.29, 0.717) is 24.2 Å². The lowest BCUT2D eigenvalue weighted by molar-refractivity contribution is -0.0523. The average molecular weight is 382 g/mol. The van der Waals surface area contributed by atoms with Crippen LogP contribution in [0.1, 0.15) is 37.7 Å². The quantitative estimate of drug-likeness (QED) is 0.580. The minimum Gasteiger partial charge on any atom is -0.380 e. The highest BCUT2D eigenvalue weighted by Gasteiger charge is 2.49. The van der Waals surface area contributed by atoms with Crippen molar-refractivity contribution in [1.82, 2.24) is 0 Å². The molecular weight excluding hydrogens is 365 g/mol. The topological polar surface area (TPSA) is 60.4 Å². The number of halogens is 3. The first-order chi connectivity index (χ1) is 11.1. The van der Waals surface area contributed by atoms with Gasteiger partial charge in [-0.25, -0.2) is 4.21 Å². The Hall–Kier alpha value is -1.35. The zero-order valence-corrected chi connectivity index (χ0v) is 14.6. The van der Waals surface area contributed by atoms with Crippen LogP contribution in [-0.4, -0.2) is 18.1 Å². The van der Waals surface area contributed by atoms with E-state index < -0.39 is 26.4 Å². The molecule has 0 aromatic heterocycles. The lowest BCUT2D eigenvalue weighted by Crippen LogP contribution is -2.26. The molecule has 2 rings (SSSR count). The molecule has 0 N–H and O–H groups in total. The molecule has 0 radical (unpaired) electrons. The van der Waals surface area contributed by atoms with Gasteiger partial charge in [-0.3, -0.25) is 0 Å². The molecule has 0 saturated heterocycles. The van der Waals surface area contributed by atoms with E-state index in [4.69, 9.17) is 0 Å². The predicted octanol–water partition coefficient (Wildman–Crippen LogP) is 4.14. The number of aryl methyl sites for hydroxylation is 1. The van der Waals surface area contributed by atoms with Gasteiger partial charge in [-0.1, -0.05) is 24.1 Å². The van der Waals surface area contributed by atoms with Gasteiger partial charge in [0.15, 0.2) is 0 Å². The van der Waals surface area contributed by atoms with Crippen LogP contribution < -0.4 is 0 Å². The van der Waals surface area contributed by atoms with Gasteiger partial charge >= 0.3 is 15.6 Å². The molecule has 0 amide bonds. The highest BCUT2D eigenvalue weighted by Crippen LogP contribution is 2.34. The van der Waals surface area contributed by atoms with Gasteiger partial charge in [-0.15, -0.1) is 0 Å². The lowest BCUT2D eigenvalue weighted by Gasteiger charge is -2.15. The highest BCUT2D eigenvalue weighted by molar-refractivity contribution is 7.89. The van der Waals surface area contributed by atoms with Crippen molar-refractivity contribution in [2.75, 3.05) is 0 Å². The maximum Gasteiger partial charge on any atom is 0.534 e. The maximum absolute atomic E-state index is 12.7. The maximum atomic E-state index is 12.7. The third-order valence-corrected chi connectivity index (χ3v) is 6.14. The van der Waals surface area contributed by atoms with Gasteiger partial charge in [-0.2, -0.15) is 21.6 Å². The molecule has 1 unspecified atom stereocenters. The minimum atomic E-state index is -5.76. The Bertz CT molecular complexity index is 750. The van der Waals surface area contributed by atoms with Crippen molar-refractivity contribution < 1.29 is 30.0 Å². The van der Waals surface area contributed by atoms with Crippen LogP contribution in [0.15, 0.2) is 39.8 Å². The minimum absolute atomic E-state index is 0.0161. The summed E-state index contributed by atoms with van der Waals surface area (Å²) >= 11 is 0. The summed E-state index contributed by atoms with van der Waals surface area (Å²) in [4.78, 5) is 0.521. The first-order valence-corrected chi connectivity index (χ1v) is 9.89. The Balaban J connectivity index is 2.41. The molecule has 1 atom stereocenters. The molecular formula is C15H17F3O4S2. The van der Waals surface area contributed by atoms with E-state index in [2.05, 4.69) is 4.18 Å². The Kier molecular flexibility index (Phi) is 5.74. The van der Waals surface area contributed by atoms with E-state index in [0.717, 1.165) is 5.56 Å². The third kappa shape index (κ3) is 4.38. The van der Waals surface area contributed by atoms with Crippen molar-refractivity contribution >= 4 is 20.9 Å². The normalized spacial score (nSPS) is 18.2. The second-order valence-corrected chi connectivity index (χ2v) is 8.51. The van der Waals surface area contributed by atoms with Crippen LogP contribution in [-0.2, 0) is 25.1 Å². The fourth-order valence-corrected chi connectivity index (χ4v) is 4.24. The second-order valence-electron chi connectivity index (χ2n) is 5.47. The van der Waals surface area contributed by atoms with Crippen LogP contribution in [0.5, 0.6) is 0 Å². The standard InChI is InChI=1S/C15H17F3O4S2/c1-11-7-9-12(10-8-11)23(19)14-6-4-2-3-5-13(14)22-24(20,21)15(16,17)18/h7-10H,2-6H2,1H3. The monoisotopic (exact) mass is 382 g/mol. The Morgan fingerprint density at radius 2 is 1.62 bits per heavy atom. The summed E-state index contributed by atoms with van der Waals surface area (Å²) in [6.07, 6.45) is 2.06. The molecule has 0 aliphatic heterocycles. The van der Waals surface area contributed by atoms with E-state index in [9.17, 15) is 25.8 Å². The molecule has 0 fully saturated rings. The summed E-state index contributed by atoms with van der Waals surface area (Å²) in [6.45, 7) is 1.85. The number of rotatable bonds is 4. The highest BCUT2D eigenvalue weighted by atomic mass is 32.2. The summed E-state index contributed by atoms with van der Waals surface area (Å²) in [6, 6.07) is 6.69. The van der Waals surface area contributed by atoms with Crippen molar-refractivity contribution in [2.45, 2.75) is 49.4 Å². The van der Waals surface area contributed by atoms with Crippen LogP contribution in [0, 0.1) is 6.92 Å². The Morgan fingerprint density at radius 3 is 2.21 bits per heavy atom. The molecule has 0 saturated carbocycles. The van der Waals surface area contributed by atoms with Gasteiger partial charge in [-0.05, 0) is 38.3 Å². The second kappa shape index (κ2) is 7.26. The first kappa shape index (κ1) is 19.0. The average Bonchev–Trinajstić information content (AvgIpc) is 2.71. The molecule has 134 valence electrons. The van der Waals surface area contributed by atoms with E-state index in [1.165, 1.54) is 0 Å². The van der Waals surface area contributed by atoms with Gasteiger partial charge in [0.1, 0.15) is 5.76 Å². The van der Waals surface area contributed by atoms with E-state index in [-0.39, 0.29) is 23.5 Å². The van der Waals surface area contributed by atoms with Gasteiger partial charge in [0.05, 0.1) is 15.7 Å². The van der Waals surface area contributed by atoms with Crippen LogP contribution in [0.25, 0.3) is 0 Å². The third-order valence-electron chi connectivity index (χ3n) is 3.57. The molecule has 1 aromatic carbocycles. The fourth-order valence-electron chi connectivity index (χ4n) is 2.29. The Morgan fingerprint density at radius 1 is 1.04 bits per heavy atom. The molecule has 4 nitrogen and oxygen atoms in total. The molecule has 9 heteroatoms. The number of benzene rings is 1. The molecule has 0 bridgehead atoms. The van der Waals surface area contributed by atoms with E-state index in [1.54, 1.807) is 24.3 Å². The molecule has 0 spiro atoms. The number of alkyl halides is 3. The van der Waals surface area contributed by atoms with Gasteiger partial charge in [0.2, 0.25) is 0 Å². The fraction of sp³-hybridized carbons (Fsp3) is 0.467. The first-order valence-electron chi connectivity index (χ1n) is 7.33. The zero-order valence-electron chi connectivity index (χ0n) is 12.9. The summed E-state index contributed by atoms with van der Waals surface area (Å²) in [5.41, 5.74) is -4.57. The predicted molar refractivity (Wildman–Crippen MR) is 83.8 cm³/mol. The van der Waals surface area contributed by atoms with Crippen molar-refractivity contribution in [2.24, 2.45) is 0 Å². The smallest absolute Gasteiger partial charge is 0.380 e. The van der Waals surface area contributed by atoms with Crippen molar-refractivity contribution in [3.8, 4) is 0 Å². The van der Waals surface area contributed by atoms with Gasteiger partial charge < -0.3 is 4.18 Å². The summed E-state index contributed by atoms with van der Waals surface area (Å²) in [5.74, 6) is -0.344. The van der Waals surface area contributed by atoms with E-state index >= 15 is 0 Å². The number of hydrogen-bond donors (Lipinski definition) is 0. The Labute approximate surface area is 141 Å². The summed E-state index contributed by atoms with van der Waals surface area (Å²) < 4.78 is 77.4. The van der Waals surface area contributed by atoms with Crippen LogP contribution >= 0.6 is 0 Å². The lowest BCUT2D eigenvalue weighted by atomic mass is 10.2. The van der Waals surface area contributed by atoms with Crippen LogP contribution in [0.3, 0.4) is 0 Å². The van der Waals surface area contributed by atoms with Crippen LogP contribution in [0.2, 0.25) is 0 Å². The van der Waals surface area contributed by atoms with Gasteiger partial charge in [0.25, 0.3) is 0 Å². The molecule has 0 heterocycles. The summed E-state index contributed by atoms with van der Waals surface area (Å²) in [5, 5.41) is 0. The number of hydrogen-bond acceptors (Lipinski definition) is 4. The molecule has 24 heavy (non-hydrogen) atoms. The van der Waals surface area contributed by atoms with Crippen molar-refractivity contribution in [3.63, 3.8) is 0 Å². The van der Waals surface area contributed by atoms with Crippen LogP contribution in [0.4, 0.5) is 13.2 Å². The van der Waals surface area contributed by atoms with E-state index in [1.807, 2.05) is 6.92 Å². The van der Waals surface area contributed by atoms with Crippen molar-refractivity contribution in [1.29, 1.82) is 0 Å². The molecule has 1 aliphatic rings. The van der Waals surface area contributed by atoms with Crippen molar-refractivity contribution in [3.05, 3.63) is 40.5 Å².